The molecule has 162 valence electrons. The molecule has 0 radical (unpaired) electrons. The molecule has 8 nitrogen and oxygen atoms in total. The lowest BCUT2D eigenvalue weighted by atomic mass is 10.1. The summed E-state index contributed by atoms with van der Waals surface area (Å²) in [6, 6.07) is 9.88. The Kier molecular flexibility index (Phi) is 4.97. The number of pyridine rings is 1. The lowest BCUT2D eigenvalue weighted by Gasteiger charge is -2.08. The number of hydrogen-bond donors (Lipinski definition) is 0. The van der Waals surface area contributed by atoms with Gasteiger partial charge in [-0.05, 0) is 48.7 Å². The standard InChI is InChI=1S/C24H24N6O2/c1-15-16(2)29(13-18-6-5-9-25-12-18)23-22(15)24-27-21(28-30(24)14-26-23)11-17-7-8-19(31-3)20(10-17)32-4/h5-10,12,14H,11,13H2,1-4H3. The molecule has 5 rings (SSSR count). The zero-order chi connectivity index (χ0) is 22.2. The molecular weight excluding hydrogens is 404 g/mol. The Bertz CT molecular complexity index is 1420. The first-order valence-corrected chi connectivity index (χ1v) is 10.4. The van der Waals surface area contributed by atoms with Crippen molar-refractivity contribution in [1.82, 2.24) is 29.1 Å². The second-order valence-corrected chi connectivity index (χ2v) is 7.76. The average Bonchev–Trinajstić information content (AvgIpc) is 3.33. The maximum absolute atomic E-state index is 5.42. The minimum Gasteiger partial charge on any atom is -0.493 e. The molecule has 0 bridgehead atoms. The summed E-state index contributed by atoms with van der Waals surface area (Å²) in [6.07, 6.45) is 5.99. The Morgan fingerprint density at radius 3 is 2.56 bits per heavy atom. The van der Waals surface area contributed by atoms with E-state index in [9.17, 15) is 0 Å². The number of fused-ring (bicyclic) bond motifs is 3. The van der Waals surface area contributed by atoms with Gasteiger partial charge in [-0.1, -0.05) is 12.1 Å². The fourth-order valence-electron chi connectivity index (χ4n) is 4.09. The Balaban J connectivity index is 1.56. The fourth-order valence-corrected chi connectivity index (χ4v) is 4.09. The van der Waals surface area contributed by atoms with Crippen molar-refractivity contribution in [2.45, 2.75) is 26.8 Å². The molecule has 32 heavy (non-hydrogen) atoms. The largest absolute Gasteiger partial charge is 0.493 e. The molecule has 0 N–H and O–H groups in total. The first-order valence-electron chi connectivity index (χ1n) is 10.4. The molecule has 0 atom stereocenters. The third-order valence-electron chi connectivity index (χ3n) is 5.86. The molecule has 0 saturated heterocycles. The Hall–Kier alpha value is -3.94. The van der Waals surface area contributed by atoms with Crippen LogP contribution in [-0.4, -0.2) is 43.4 Å². The number of nitrogens with zero attached hydrogens (tertiary/aromatic N) is 6. The van der Waals surface area contributed by atoms with E-state index >= 15 is 0 Å². The molecule has 0 saturated carbocycles. The maximum atomic E-state index is 5.42. The van der Waals surface area contributed by atoms with E-state index in [4.69, 9.17) is 19.4 Å². The van der Waals surface area contributed by atoms with Gasteiger partial charge in [-0.2, -0.15) is 0 Å². The van der Waals surface area contributed by atoms with Crippen molar-refractivity contribution in [3.05, 3.63) is 77.3 Å². The minimum absolute atomic E-state index is 0.581. The molecular formula is C24H24N6O2. The first-order chi connectivity index (χ1) is 15.6. The molecule has 1 aromatic carbocycles. The summed E-state index contributed by atoms with van der Waals surface area (Å²) < 4.78 is 14.7. The molecule has 0 aliphatic rings. The summed E-state index contributed by atoms with van der Waals surface area (Å²) in [5.74, 6) is 2.12. The van der Waals surface area contributed by atoms with Crippen LogP contribution in [0.2, 0.25) is 0 Å². The Morgan fingerprint density at radius 2 is 1.81 bits per heavy atom. The van der Waals surface area contributed by atoms with Crippen LogP contribution in [0, 0.1) is 13.8 Å². The van der Waals surface area contributed by atoms with E-state index in [1.54, 1.807) is 31.3 Å². The van der Waals surface area contributed by atoms with Gasteiger partial charge in [-0.3, -0.25) is 4.98 Å². The van der Waals surface area contributed by atoms with Crippen molar-refractivity contribution in [1.29, 1.82) is 0 Å². The minimum atomic E-state index is 0.581. The van der Waals surface area contributed by atoms with Gasteiger partial charge in [0.15, 0.2) is 23.0 Å². The smallest absolute Gasteiger partial charge is 0.168 e. The van der Waals surface area contributed by atoms with Crippen molar-refractivity contribution in [3.63, 3.8) is 0 Å². The van der Waals surface area contributed by atoms with Gasteiger partial charge >= 0.3 is 0 Å². The van der Waals surface area contributed by atoms with E-state index in [1.165, 1.54) is 0 Å². The van der Waals surface area contributed by atoms with Gasteiger partial charge in [-0.25, -0.2) is 14.5 Å². The van der Waals surface area contributed by atoms with E-state index in [2.05, 4.69) is 34.6 Å². The molecule has 4 heterocycles. The van der Waals surface area contributed by atoms with Gasteiger partial charge in [0.05, 0.1) is 26.2 Å². The highest BCUT2D eigenvalue weighted by atomic mass is 16.5. The normalized spacial score (nSPS) is 11.4. The average molecular weight is 428 g/mol. The molecule has 0 unspecified atom stereocenters. The zero-order valence-corrected chi connectivity index (χ0v) is 18.5. The van der Waals surface area contributed by atoms with Crippen molar-refractivity contribution in [2.24, 2.45) is 0 Å². The summed E-state index contributed by atoms with van der Waals surface area (Å²) in [6.45, 7) is 4.94. The Labute approximate surface area is 185 Å². The highest BCUT2D eigenvalue weighted by Crippen LogP contribution is 2.30. The summed E-state index contributed by atoms with van der Waals surface area (Å²) in [7, 11) is 3.26. The maximum Gasteiger partial charge on any atom is 0.168 e. The summed E-state index contributed by atoms with van der Waals surface area (Å²) in [4.78, 5) is 13.8. The van der Waals surface area contributed by atoms with Crippen LogP contribution < -0.4 is 9.47 Å². The Morgan fingerprint density at radius 1 is 0.969 bits per heavy atom. The number of aryl methyl sites for hydroxylation is 1. The van der Waals surface area contributed by atoms with Crippen LogP contribution in [0.5, 0.6) is 11.5 Å². The lowest BCUT2D eigenvalue weighted by molar-refractivity contribution is 0.354. The van der Waals surface area contributed by atoms with Gasteiger partial charge < -0.3 is 14.0 Å². The van der Waals surface area contributed by atoms with E-state index in [0.29, 0.717) is 24.5 Å². The monoisotopic (exact) mass is 428 g/mol. The number of ether oxygens (including phenoxy) is 2. The molecule has 5 aromatic rings. The van der Waals surface area contributed by atoms with E-state index in [-0.39, 0.29) is 0 Å². The van der Waals surface area contributed by atoms with Crippen LogP contribution in [0.1, 0.15) is 28.2 Å². The number of rotatable bonds is 6. The second-order valence-electron chi connectivity index (χ2n) is 7.76. The van der Waals surface area contributed by atoms with Crippen LogP contribution in [-0.2, 0) is 13.0 Å². The van der Waals surface area contributed by atoms with Gasteiger partial charge in [-0.15, -0.1) is 5.10 Å². The number of aromatic nitrogens is 6. The molecule has 0 fully saturated rings. The van der Waals surface area contributed by atoms with E-state index in [0.717, 1.165) is 44.9 Å². The SMILES string of the molecule is COc1ccc(Cc2nc3c4c(C)c(C)n(Cc5cccnc5)c4ncn3n2)cc1OC. The highest BCUT2D eigenvalue weighted by Gasteiger charge is 2.18. The van der Waals surface area contributed by atoms with Crippen LogP contribution in [0.15, 0.2) is 49.1 Å². The zero-order valence-electron chi connectivity index (χ0n) is 18.5. The third-order valence-corrected chi connectivity index (χ3v) is 5.86. The number of hydrogen-bond acceptors (Lipinski definition) is 6. The van der Waals surface area contributed by atoms with Gasteiger partial charge in [0.2, 0.25) is 0 Å². The number of benzene rings is 1. The molecule has 0 aliphatic carbocycles. The predicted octanol–water partition coefficient (Wildman–Crippen LogP) is 3.75. The van der Waals surface area contributed by atoms with Gasteiger partial charge in [0.25, 0.3) is 0 Å². The van der Waals surface area contributed by atoms with E-state index < -0.39 is 0 Å². The fraction of sp³-hybridized carbons (Fsp3) is 0.250. The van der Waals surface area contributed by atoms with Gasteiger partial charge in [0, 0.05) is 24.5 Å². The van der Waals surface area contributed by atoms with E-state index in [1.807, 2.05) is 30.5 Å². The predicted molar refractivity (Wildman–Crippen MR) is 121 cm³/mol. The lowest BCUT2D eigenvalue weighted by Crippen LogP contribution is -2.03. The van der Waals surface area contributed by atoms with Crippen LogP contribution in [0.3, 0.4) is 0 Å². The molecule has 0 spiro atoms. The molecule has 4 aromatic heterocycles. The molecule has 0 aliphatic heterocycles. The topological polar surface area (TPSA) is 79.4 Å². The second kappa shape index (κ2) is 7.96. The van der Waals surface area contributed by atoms with Crippen molar-refractivity contribution < 1.29 is 9.47 Å². The molecule has 8 heteroatoms. The van der Waals surface area contributed by atoms with Crippen LogP contribution in [0.25, 0.3) is 16.7 Å². The third kappa shape index (κ3) is 3.33. The molecule has 0 amide bonds. The number of methoxy groups -OCH3 is 2. The summed E-state index contributed by atoms with van der Waals surface area (Å²) >= 11 is 0. The van der Waals surface area contributed by atoms with Crippen LogP contribution in [0.4, 0.5) is 0 Å². The highest BCUT2D eigenvalue weighted by molar-refractivity contribution is 5.93. The van der Waals surface area contributed by atoms with Crippen molar-refractivity contribution in [2.75, 3.05) is 14.2 Å². The van der Waals surface area contributed by atoms with Crippen molar-refractivity contribution in [3.8, 4) is 11.5 Å². The quantitative estimate of drug-likeness (QED) is 0.410. The first kappa shape index (κ1) is 20.0. The summed E-state index contributed by atoms with van der Waals surface area (Å²) in [5.41, 5.74) is 6.22. The van der Waals surface area contributed by atoms with Crippen molar-refractivity contribution >= 4 is 16.7 Å². The van der Waals surface area contributed by atoms with Crippen LogP contribution >= 0.6 is 0 Å². The summed E-state index contributed by atoms with van der Waals surface area (Å²) in [5, 5.41) is 5.70. The van der Waals surface area contributed by atoms with Gasteiger partial charge in [0.1, 0.15) is 12.0 Å².